The molecule has 0 aliphatic heterocycles. The zero-order valence-electron chi connectivity index (χ0n) is 11.0. The van der Waals surface area contributed by atoms with Gasteiger partial charge in [0.2, 0.25) is 0 Å². The van der Waals surface area contributed by atoms with E-state index in [1.165, 1.54) is 0 Å². The first-order valence-corrected chi connectivity index (χ1v) is 7.36. The van der Waals surface area contributed by atoms with Crippen molar-refractivity contribution in [3.05, 3.63) is 33.8 Å². The number of aliphatic carboxylic acids is 1. The summed E-state index contributed by atoms with van der Waals surface area (Å²) in [5.74, 6) is -0.0993. The van der Waals surface area contributed by atoms with Gasteiger partial charge in [0.05, 0.1) is 5.41 Å². The Balaban J connectivity index is 2.26. The maximum atomic E-state index is 11.7. The smallest absolute Gasteiger partial charge is 0.309 e. The molecule has 2 nitrogen and oxygen atoms in total. The molecule has 4 heteroatoms. The third-order valence-electron chi connectivity index (χ3n) is 4.22. The Morgan fingerprint density at radius 3 is 2.58 bits per heavy atom. The summed E-state index contributed by atoms with van der Waals surface area (Å²) in [7, 11) is 0. The van der Waals surface area contributed by atoms with Gasteiger partial charge in [-0.2, -0.15) is 0 Å². The highest BCUT2D eigenvalue weighted by Crippen LogP contribution is 2.43. The first-order valence-electron chi connectivity index (χ1n) is 6.60. The van der Waals surface area contributed by atoms with Crippen LogP contribution in [0.4, 0.5) is 0 Å². The summed E-state index contributed by atoms with van der Waals surface area (Å²) in [5.41, 5.74) is 0.159. The molecule has 0 saturated heterocycles. The quantitative estimate of drug-likeness (QED) is 0.869. The fourth-order valence-corrected chi connectivity index (χ4v) is 3.20. The van der Waals surface area contributed by atoms with Crippen molar-refractivity contribution in [1.82, 2.24) is 0 Å². The minimum atomic E-state index is -0.713. The van der Waals surface area contributed by atoms with E-state index in [0.717, 1.165) is 18.4 Å². The molecule has 2 rings (SSSR count). The topological polar surface area (TPSA) is 37.3 Å². The Hall–Kier alpha value is -0.730. The van der Waals surface area contributed by atoms with Crippen LogP contribution in [0.5, 0.6) is 0 Å². The zero-order valence-corrected chi connectivity index (χ0v) is 12.5. The number of rotatable bonds is 3. The number of carboxylic acids is 1. The van der Waals surface area contributed by atoms with Crippen LogP contribution >= 0.6 is 23.2 Å². The Morgan fingerprint density at radius 1 is 1.37 bits per heavy atom. The van der Waals surface area contributed by atoms with Crippen molar-refractivity contribution < 1.29 is 9.90 Å². The highest BCUT2D eigenvalue weighted by atomic mass is 35.5. The summed E-state index contributed by atoms with van der Waals surface area (Å²) < 4.78 is 0. The third-order valence-corrected chi connectivity index (χ3v) is 4.83. The van der Waals surface area contributed by atoms with Gasteiger partial charge in [0.25, 0.3) is 0 Å². The monoisotopic (exact) mass is 300 g/mol. The third kappa shape index (κ3) is 3.24. The van der Waals surface area contributed by atoms with Crippen LogP contribution in [0.3, 0.4) is 0 Å². The van der Waals surface area contributed by atoms with Crippen LogP contribution in [0.1, 0.15) is 38.2 Å². The molecule has 104 valence electrons. The molecular weight excluding hydrogens is 283 g/mol. The molecule has 1 saturated carbocycles. The Kier molecular flexibility index (Phi) is 4.42. The second-order valence-electron chi connectivity index (χ2n) is 5.68. The SMILES string of the molecule is CC1CCC(Cc2cc(Cl)ccc2Cl)(C(=O)O)CC1. The normalized spacial score (nSPS) is 27.2. The van der Waals surface area contributed by atoms with Crippen LogP contribution in [0.2, 0.25) is 10.0 Å². The number of carboxylic acid groups (broad SMARTS) is 1. The number of hydrogen-bond donors (Lipinski definition) is 1. The lowest BCUT2D eigenvalue weighted by Gasteiger charge is -2.36. The van der Waals surface area contributed by atoms with Crippen LogP contribution in [0.25, 0.3) is 0 Å². The number of halogens is 2. The van der Waals surface area contributed by atoms with Gasteiger partial charge in [0.1, 0.15) is 0 Å². The molecular formula is C15H18Cl2O2. The van der Waals surface area contributed by atoms with Crippen molar-refractivity contribution >= 4 is 29.2 Å². The van der Waals surface area contributed by atoms with Crippen molar-refractivity contribution in [1.29, 1.82) is 0 Å². The lowest BCUT2D eigenvalue weighted by atomic mass is 9.68. The van der Waals surface area contributed by atoms with Crippen LogP contribution in [0, 0.1) is 11.3 Å². The van der Waals surface area contributed by atoms with Gasteiger partial charge in [0, 0.05) is 10.0 Å². The minimum Gasteiger partial charge on any atom is -0.481 e. The summed E-state index contributed by atoms with van der Waals surface area (Å²) in [5, 5.41) is 10.8. The van der Waals surface area contributed by atoms with Crippen molar-refractivity contribution in [3.63, 3.8) is 0 Å². The van der Waals surface area contributed by atoms with E-state index in [9.17, 15) is 9.90 Å². The van der Waals surface area contributed by atoms with E-state index in [1.807, 2.05) is 0 Å². The molecule has 0 spiro atoms. The number of hydrogen-bond acceptors (Lipinski definition) is 1. The van der Waals surface area contributed by atoms with Gasteiger partial charge in [0.15, 0.2) is 0 Å². The van der Waals surface area contributed by atoms with Crippen molar-refractivity contribution in [2.24, 2.45) is 11.3 Å². The summed E-state index contributed by atoms with van der Waals surface area (Å²) in [4.78, 5) is 11.7. The second-order valence-corrected chi connectivity index (χ2v) is 6.52. The lowest BCUT2D eigenvalue weighted by molar-refractivity contribution is -0.151. The maximum absolute atomic E-state index is 11.7. The average Bonchev–Trinajstić information content (AvgIpc) is 2.36. The lowest BCUT2D eigenvalue weighted by Crippen LogP contribution is -2.37. The highest BCUT2D eigenvalue weighted by molar-refractivity contribution is 6.33. The van der Waals surface area contributed by atoms with Crippen molar-refractivity contribution in [2.75, 3.05) is 0 Å². The van der Waals surface area contributed by atoms with E-state index < -0.39 is 11.4 Å². The standard InChI is InChI=1S/C15H18Cl2O2/c1-10-4-6-15(7-5-10,14(18)19)9-11-8-12(16)2-3-13(11)17/h2-3,8,10H,4-7,9H2,1H3,(H,18,19). The summed E-state index contributed by atoms with van der Waals surface area (Å²) >= 11 is 12.1. The van der Waals surface area contributed by atoms with Crippen LogP contribution in [0.15, 0.2) is 18.2 Å². The molecule has 1 aliphatic rings. The Morgan fingerprint density at radius 2 is 2.00 bits per heavy atom. The van der Waals surface area contributed by atoms with Gasteiger partial charge in [-0.25, -0.2) is 0 Å². The Labute approximate surface area is 123 Å². The minimum absolute atomic E-state index is 0.467. The van der Waals surface area contributed by atoms with Gasteiger partial charge in [-0.05, 0) is 61.8 Å². The molecule has 1 fully saturated rings. The van der Waals surface area contributed by atoms with E-state index in [1.54, 1.807) is 18.2 Å². The molecule has 0 bridgehead atoms. The van der Waals surface area contributed by atoms with E-state index in [4.69, 9.17) is 23.2 Å². The van der Waals surface area contributed by atoms with Crippen LogP contribution < -0.4 is 0 Å². The molecule has 0 atom stereocenters. The molecule has 1 N–H and O–H groups in total. The first kappa shape index (κ1) is 14.7. The molecule has 1 aromatic carbocycles. The fourth-order valence-electron chi connectivity index (χ4n) is 2.82. The summed E-state index contributed by atoms with van der Waals surface area (Å²) in [6, 6.07) is 5.25. The van der Waals surface area contributed by atoms with E-state index in [2.05, 4.69) is 6.92 Å². The average molecular weight is 301 g/mol. The van der Waals surface area contributed by atoms with Gasteiger partial charge >= 0.3 is 5.97 Å². The molecule has 0 radical (unpaired) electrons. The van der Waals surface area contributed by atoms with E-state index in [-0.39, 0.29) is 0 Å². The van der Waals surface area contributed by atoms with Gasteiger partial charge in [-0.1, -0.05) is 30.1 Å². The zero-order chi connectivity index (χ0) is 14.0. The van der Waals surface area contributed by atoms with Gasteiger partial charge in [-0.15, -0.1) is 0 Å². The molecule has 0 amide bonds. The predicted molar refractivity (Wildman–Crippen MR) is 77.9 cm³/mol. The molecule has 0 heterocycles. The van der Waals surface area contributed by atoms with Gasteiger partial charge < -0.3 is 5.11 Å². The first-order chi connectivity index (χ1) is 8.93. The summed E-state index contributed by atoms with van der Waals surface area (Å²) in [6.07, 6.45) is 3.82. The van der Waals surface area contributed by atoms with Crippen molar-refractivity contribution in [3.8, 4) is 0 Å². The molecule has 1 aliphatic carbocycles. The molecule has 19 heavy (non-hydrogen) atoms. The molecule has 0 unspecified atom stereocenters. The van der Waals surface area contributed by atoms with E-state index in [0.29, 0.717) is 35.2 Å². The van der Waals surface area contributed by atoms with Crippen LogP contribution in [-0.2, 0) is 11.2 Å². The Bertz CT molecular complexity index is 477. The fraction of sp³-hybridized carbons (Fsp3) is 0.533. The maximum Gasteiger partial charge on any atom is 0.309 e. The van der Waals surface area contributed by atoms with E-state index >= 15 is 0 Å². The highest BCUT2D eigenvalue weighted by Gasteiger charge is 2.41. The van der Waals surface area contributed by atoms with Crippen molar-refractivity contribution in [2.45, 2.75) is 39.0 Å². The molecule has 1 aromatic rings. The predicted octanol–water partition coefficient (Wildman–Crippen LogP) is 4.82. The summed E-state index contributed by atoms with van der Waals surface area (Å²) in [6.45, 7) is 2.18. The van der Waals surface area contributed by atoms with Crippen LogP contribution in [-0.4, -0.2) is 11.1 Å². The molecule has 0 aromatic heterocycles. The van der Waals surface area contributed by atoms with Gasteiger partial charge in [-0.3, -0.25) is 4.79 Å². The number of carbonyl (C=O) groups is 1. The number of benzene rings is 1. The second kappa shape index (κ2) is 5.72. The largest absolute Gasteiger partial charge is 0.481 e.